The maximum absolute atomic E-state index is 13.4. The number of esters is 2. The van der Waals surface area contributed by atoms with Crippen molar-refractivity contribution in [1.82, 2.24) is 5.32 Å². The molecule has 0 aliphatic carbocycles. The van der Waals surface area contributed by atoms with Crippen molar-refractivity contribution in [2.45, 2.75) is 32.3 Å². The van der Waals surface area contributed by atoms with Crippen LogP contribution in [0.1, 0.15) is 26.3 Å². The van der Waals surface area contributed by atoms with Gasteiger partial charge in [-0.15, -0.1) is 0 Å². The minimum atomic E-state index is -1.86. The predicted octanol–water partition coefficient (Wildman–Crippen LogP) is 1.03. The number of hydrogen-bond donors (Lipinski definition) is 2. The minimum Gasteiger partial charge on any atom is -0.460 e. The molecule has 9 heteroatoms. The van der Waals surface area contributed by atoms with Crippen molar-refractivity contribution in [3.05, 3.63) is 52.6 Å². The van der Waals surface area contributed by atoms with Crippen LogP contribution in [0.15, 0.2) is 47.0 Å². The van der Waals surface area contributed by atoms with Gasteiger partial charge in [0.15, 0.2) is 0 Å². The lowest BCUT2D eigenvalue weighted by Gasteiger charge is -2.36. The van der Waals surface area contributed by atoms with Crippen molar-refractivity contribution in [1.29, 1.82) is 0 Å². The normalized spacial score (nSPS) is 20.2. The van der Waals surface area contributed by atoms with Gasteiger partial charge in [-0.2, -0.15) is 0 Å². The number of benzene rings is 1. The number of amides is 1. The summed E-state index contributed by atoms with van der Waals surface area (Å²) in [4.78, 5) is 39.5. The average molecular weight is 416 g/mol. The molecule has 0 radical (unpaired) electrons. The summed E-state index contributed by atoms with van der Waals surface area (Å²) >= 11 is 0. The molecule has 1 aromatic carbocycles. The molecule has 0 bridgehead atoms. The Bertz CT molecular complexity index is 964. The van der Waals surface area contributed by atoms with E-state index in [-0.39, 0.29) is 41.7 Å². The maximum Gasteiger partial charge on any atom is 0.341 e. The van der Waals surface area contributed by atoms with Crippen LogP contribution in [0.25, 0.3) is 0 Å². The van der Waals surface area contributed by atoms with Gasteiger partial charge in [0, 0.05) is 18.4 Å². The summed E-state index contributed by atoms with van der Waals surface area (Å²) in [5.41, 5.74) is 4.48. The molecule has 3 rings (SSSR count). The Balaban J connectivity index is 2.25. The second-order valence-electron chi connectivity index (χ2n) is 7.12. The number of nitrogens with one attached hydrogen (secondary N) is 1. The minimum absolute atomic E-state index is 0.0291. The van der Waals surface area contributed by atoms with E-state index in [0.717, 1.165) is 0 Å². The molecule has 2 heterocycles. The van der Waals surface area contributed by atoms with E-state index in [1.54, 1.807) is 45.0 Å². The van der Waals surface area contributed by atoms with Crippen LogP contribution in [0.3, 0.4) is 0 Å². The first-order chi connectivity index (χ1) is 14.2. The third kappa shape index (κ3) is 3.30. The molecule has 30 heavy (non-hydrogen) atoms. The van der Waals surface area contributed by atoms with E-state index in [1.807, 2.05) is 0 Å². The number of fused-ring (bicyclic) bond motifs is 2. The number of methoxy groups -OCH3 is 1. The van der Waals surface area contributed by atoms with Crippen molar-refractivity contribution < 1.29 is 33.3 Å². The van der Waals surface area contributed by atoms with E-state index >= 15 is 0 Å². The Hall–Kier alpha value is -3.33. The number of hydrogen-bond acceptors (Lipinski definition) is 8. The van der Waals surface area contributed by atoms with Crippen molar-refractivity contribution in [2.24, 2.45) is 5.73 Å². The van der Waals surface area contributed by atoms with Crippen LogP contribution in [0.5, 0.6) is 5.75 Å². The fourth-order valence-corrected chi connectivity index (χ4v) is 3.69. The molecule has 2 aliphatic rings. The summed E-state index contributed by atoms with van der Waals surface area (Å²) in [7, 11) is 1.46. The number of nitrogens with two attached hydrogens (primary N) is 1. The molecule has 1 atom stereocenters. The molecule has 0 fully saturated rings. The molecule has 0 saturated carbocycles. The average Bonchev–Trinajstić information content (AvgIpc) is 2.92. The SMILES string of the molecule is COCCOC(=O)C1=C(N)Oc2ccccc2C12C(=O)NC(C)=C2C(=O)OC(C)C. The summed E-state index contributed by atoms with van der Waals surface area (Å²) in [6.45, 7) is 5.01. The molecule has 1 amide bonds. The number of para-hydroxylation sites is 1. The van der Waals surface area contributed by atoms with Crippen LogP contribution in [0.2, 0.25) is 0 Å². The Morgan fingerprint density at radius 2 is 1.87 bits per heavy atom. The molecule has 160 valence electrons. The summed E-state index contributed by atoms with van der Waals surface area (Å²) in [5.74, 6) is -2.32. The smallest absolute Gasteiger partial charge is 0.341 e. The number of ether oxygens (including phenoxy) is 4. The predicted molar refractivity (Wildman–Crippen MR) is 105 cm³/mol. The lowest BCUT2D eigenvalue weighted by atomic mass is 9.67. The third-order valence-electron chi connectivity index (χ3n) is 4.80. The van der Waals surface area contributed by atoms with Crippen LogP contribution in [-0.2, 0) is 34.0 Å². The number of carbonyl (C=O) groups is 3. The summed E-state index contributed by atoms with van der Waals surface area (Å²) < 4.78 is 21.2. The highest BCUT2D eigenvalue weighted by molar-refractivity contribution is 6.17. The van der Waals surface area contributed by atoms with Gasteiger partial charge in [-0.05, 0) is 26.8 Å². The van der Waals surface area contributed by atoms with Gasteiger partial charge in [0.25, 0.3) is 0 Å². The fraction of sp³-hybridized carbons (Fsp3) is 0.381. The van der Waals surface area contributed by atoms with Crippen molar-refractivity contribution >= 4 is 17.8 Å². The standard InChI is InChI=1S/C21H24N2O7/c1-11(2)29-19(25)15-12(3)23-20(26)21(15)13-7-5-6-8-14(13)30-17(22)16(21)18(24)28-10-9-27-4/h5-8,11H,9-10,22H2,1-4H3,(H,23,26). The zero-order valence-electron chi connectivity index (χ0n) is 17.2. The first-order valence-electron chi connectivity index (χ1n) is 9.42. The third-order valence-corrected chi connectivity index (χ3v) is 4.80. The van der Waals surface area contributed by atoms with Crippen LogP contribution in [-0.4, -0.2) is 44.3 Å². The van der Waals surface area contributed by atoms with Gasteiger partial charge in [0.2, 0.25) is 11.8 Å². The molecule has 1 unspecified atom stereocenters. The van der Waals surface area contributed by atoms with E-state index in [0.29, 0.717) is 5.56 Å². The quantitative estimate of drug-likeness (QED) is 0.520. The Morgan fingerprint density at radius 1 is 1.17 bits per heavy atom. The van der Waals surface area contributed by atoms with Crippen molar-refractivity contribution in [3.8, 4) is 5.75 Å². The highest BCUT2D eigenvalue weighted by atomic mass is 16.6. The van der Waals surface area contributed by atoms with Crippen LogP contribution >= 0.6 is 0 Å². The number of rotatable bonds is 6. The largest absolute Gasteiger partial charge is 0.460 e. The van der Waals surface area contributed by atoms with Gasteiger partial charge in [0.05, 0.1) is 18.3 Å². The summed E-state index contributed by atoms with van der Waals surface area (Å²) in [6, 6.07) is 6.57. The monoisotopic (exact) mass is 416 g/mol. The summed E-state index contributed by atoms with van der Waals surface area (Å²) in [6.07, 6.45) is -0.445. The lowest BCUT2D eigenvalue weighted by molar-refractivity contribution is -0.145. The van der Waals surface area contributed by atoms with Crippen LogP contribution in [0, 0.1) is 0 Å². The van der Waals surface area contributed by atoms with E-state index in [1.165, 1.54) is 7.11 Å². The summed E-state index contributed by atoms with van der Waals surface area (Å²) in [5, 5.41) is 2.66. The molecule has 0 aromatic heterocycles. The van der Waals surface area contributed by atoms with Gasteiger partial charge >= 0.3 is 11.9 Å². The topological polar surface area (TPSA) is 126 Å². The van der Waals surface area contributed by atoms with E-state index < -0.39 is 29.4 Å². The first-order valence-corrected chi connectivity index (χ1v) is 9.42. The number of allylic oxidation sites excluding steroid dienone is 1. The van der Waals surface area contributed by atoms with E-state index in [2.05, 4.69) is 5.32 Å². The van der Waals surface area contributed by atoms with Gasteiger partial charge in [-0.25, -0.2) is 9.59 Å². The zero-order chi connectivity index (χ0) is 22.1. The molecular formula is C21H24N2O7. The second-order valence-corrected chi connectivity index (χ2v) is 7.12. The van der Waals surface area contributed by atoms with E-state index in [9.17, 15) is 14.4 Å². The van der Waals surface area contributed by atoms with Gasteiger partial charge in [0.1, 0.15) is 23.3 Å². The van der Waals surface area contributed by atoms with E-state index in [4.69, 9.17) is 24.7 Å². The van der Waals surface area contributed by atoms with Crippen LogP contribution in [0.4, 0.5) is 0 Å². The molecule has 0 saturated heterocycles. The molecule has 3 N–H and O–H groups in total. The molecule has 1 aromatic rings. The van der Waals surface area contributed by atoms with Crippen molar-refractivity contribution in [3.63, 3.8) is 0 Å². The van der Waals surface area contributed by atoms with Gasteiger partial charge in [-0.3, -0.25) is 4.79 Å². The Morgan fingerprint density at radius 3 is 2.53 bits per heavy atom. The van der Waals surface area contributed by atoms with Crippen LogP contribution < -0.4 is 15.8 Å². The molecule has 1 spiro atoms. The fourth-order valence-electron chi connectivity index (χ4n) is 3.69. The van der Waals surface area contributed by atoms with Crippen molar-refractivity contribution in [2.75, 3.05) is 20.3 Å². The Labute approximate surface area is 173 Å². The highest BCUT2D eigenvalue weighted by Crippen LogP contribution is 2.51. The molecule has 2 aliphatic heterocycles. The number of carbonyl (C=O) groups excluding carboxylic acids is 3. The molecular weight excluding hydrogens is 392 g/mol. The molecule has 9 nitrogen and oxygen atoms in total. The first kappa shape index (κ1) is 21.4. The highest BCUT2D eigenvalue weighted by Gasteiger charge is 2.61. The van der Waals surface area contributed by atoms with Gasteiger partial charge in [-0.1, -0.05) is 18.2 Å². The maximum atomic E-state index is 13.4. The van der Waals surface area contributed by atoms with Gasteiger partial charge < -0.3 is 30.0 Å². The zero-order valence-corrected chi connectivity index (χ0v) is 17.2. The second kappa shape index (κ2) is 8.19. The Kier molecular flexibility index (Phi) is 5.84. The lowest BCUT2D eigenvalue weighted by Crippen LogP contribution is -2.49.